The van der Waals surface area contributed by atoms with Crippen molar-refractivity contribution in [2.75, 3.05) is 29.4 Å². The predicted molar refractivity (Wildman–Crippen MR) is 140 cm³/mol. The maximum absolute atomic E-state index is 12.7. The number of halogens is 1. The number of ether oxygens (including phenoxy) is 1. The first-order valence-electron chi connectivity index (χ1n) is 12.3. The number of carbonyl (C=O) groups excluding carboxylic acids is 2. The minimum atomic E-state index is -0.546. The second-order valence-corrected chi connectivity index (χ2v) is 10.9. The van der Waals surface area contributed by atoms with E-state index < -0.39 is 5.60 Å². The molecule has 0 unspecified atom stereocenters. The van der Waals surface area contributed by atoms with Crippen LogP contribution in [0, 0.1) is 0 Å². The van der Waals surface area contributed by atoms with Crippen molar-refractivity contribution in [2.24, 2.45) is 0 Å². The van der Waals surface area contributed by atoms with E-state index in [1.165, 1.54) is 0 Å². The number of hydrogen-bond acceptors (Lipinski definition) is 6. The summed E-state index contributed by atoms with van der Waals surface area (Å²) in [4.78, 5) is 39.9. The van der Waals surface area contributed by atoms with E-state index in [-0.39, 0.29) is 18.2 Å². The summed E-state index contributed by atoms with van der Waals surface area (Å²) in [6.07, 6.45) is 6.03. The van der Waals surface area contributed by atoms with Crippen LogP contribution in [0.15, 0.2) is 36.8 Å². The molecule has 1 saturated carbocycles. The van der Waals surface area contributed by atoms with Crippen molar-refractivity contribution < 1.29 is 14.3 Å². The van der Waals surface area contributed by atoms with Crippen molar-refractivity contribution >= 4 is 46.6 Å². The standard InChI is InChI=1S/C26H31ClN6O3/c1-17-13-30(25(35)36-26(2,3)4)10-11-31(17)23-22-21(33(16-34)19-8-9-19)14-32(24(22)29-15-28-23)20-7-5-6-18(27)12-20/h5-7,12,14-17,19H,8-11,13H2,1-4H3/t17-/m0/s1. The Morgan fingerprint density at radius 3 is 2.64 bits per heavy atom. The van der Waals surface area contributed by atoms with Crippen LogP contribution in [0.25, 0.3) is 16.7 Å². The smallest absolute Gasteiger partial charge is 0.410 e. The van der Waals surface area contributed by atoms with E-state index in [1.807, 2.05) is 55.8 Å². The molecule has 2 fully saturated rings. The lowest BCUT2D eigenvalue weighted by molar-refractivity contribution is -0.107. The molecule has 10 heteroatoms. The van der Waals surface area contributed by atoms with Crippen LogP contribution in [-0.2, 0) is 9.53 Å². The van der Waals surface area contributed by atoms with E-state index in [9.17, 15) is 9.59 Å². The van der Waals surface area contributed by atoms with Gasteiger partial charge in [0.2, 0.25) is 6.41 Å². The van der Waals surface area contributed by atoms with Gasteiger partial charge in [-0.25, -0.2) is 14.8 Å². The van der Waals surface area contributed by atoms with Crippen molar-refractivity contribution in [3.8, 4) is 5.69 Å². The Morgan fingerprint density at radius 1 is 1.22 bits per heavy atom. The molecule has 5 rings (SSSR count). The topological polar surface area (TPSA) is 83.8 Å². The third kappa shape index (κ3) is 4.72. The van der Waals surface area contributed by atoms with E-state index >= 15 is 0 Å². The molecular formula is C26H31ClN6O3. The lowest BCUT2D eigenvalue weighted by Crippen LogP contribution is -2.54. The SMILES string of the molecule is C[C@H]1CN(C(=O)OC(C)(C)C)CCN1c1ncnc2c1c(N(C=O)C1CC1)cn2-c1cccc(Cl)c1. The number of benzene rings is 1. The summed E-state index contributed by atoms with van der Waals surface area (Å²) in [6, 6.07) is 7.71. The molecule has 2 aliphatic rings. The van der Waals surface area contributed by atoms with Gasteiger partial charge in [-0.15, -0.1) is 0 Å². The highest BCUT2D eigenvalue weighted by Gasteiger charge is 2.35. The highest BCUT2D eigenvalue weighted by atomic mass is 35.5. The summed E-state index contributed by atoms with van der Waals surface area (Å²) in [5.41, 5.74) is 1.79. The first kappa shape index (κ1) is 24.4. The number of aromatic nitrogens is 3. The Morgan fingerprint density at radius 2 is 2.00 bits per heavy atom. The second-order valence-electron chi connectivity index (χ2n) is 10.5. The van der Waals surface area contributed by atoms with Gasteiger partial charge in [0.1, 0.15) is 17.7 Å². The number of rotatable bonds is 5. The molecule has 190 valence electrons. The van der Waals surface area contributed by atoms with Gasteiger partial charge in [0, 0.05) is 48.6 Å². The van der Waals surface area contributed by atoms with Crippen LogP contribution in [0.4, 0.5) is 16.3 Å². The van der Waals surface area contributed by atoms with E-state index in [2.05, 4.69) is 16.8 Å². The zero-order valence-corrected chi connectivity index (χ0v) is 21.8. The molecule has 0 spiro atoms. The maximum atomic E-state index is 12.7. The molecule has 0 radical (unpaired) electrons. The van der Waals surface area contributed by atoms with Gasteiger partial charge in [0.05, 0.1) is 11.1 Å². The molecule has 2 amide bonds. The molecule has 36 heavy (non-hydrogen) atoms. The number of fused-ring (bicyclic) bond motifs is 1. The molecule has 1 aliphatic carbocycles. The summed E-state index contributed by atoms with van der Waals surface area (Å²) in [6.45, 7) is 9.27. The third-order valence-electron chi connectivity index (χ3n) is 6.51. The first-order chi connectivity index (χ1) is 17.2. The molecular weight excluding hydrogens is 480 g/mol. The van der Waals surface area contributed by atoms with E-state index in [4.69, 9.17) is 21.3 Å². The number of carbonyl (C=O) groups is 2. The number of piperazine rings is 1. The van der Waals surface area contributed by atoms with Crippen molar-refractivity contribution in [3.05, 3.63) is 41.8 Å². The molecule has 0 bridgehead atoms. The quantitative estimate of drug-likeness (QED) is 0.465. The van der Waals surface area contributed by atoms with Gasteiger partial charge in [-0.2, -0.15) is 0 Å². The minimum absolute atomic E-state index is 0.0163. The van der Waals surface area contributed by atoms with Gasteiger partial charge in [-0.3, -0.25) is 9.36 Å². The van der Waals surface area contributed by atoms with Gasteiger partial charge in [-0.1, -0.05) is 17.7 Å². The summed E-state index contributed by atoms with van der Waals surface area (Å²) in [5.74, 6) is 0.750. The second kappa shape index (κ2) is 9.28. The Labute approximate surface area is 215 Å². The Kier molecular flexibility index (Phi) is 6.28. The van der Waals surface area contributed by atoms with Gasteiger partial charge in [0.15, 0.2) is 5.65 Å². The summed E-state index contributed by atoms with van der Waals surface area (Å²) in [7, 11) is 0. The van der Waals surface area contributed by atoms with Gasteiger partial charge >= 0.3 is 6.09 Å². The van der Waals surface area contributed by atoms with Crippen LogP contribution in [0.2, 0.25) is 5.02 Å². The molecule has 1 saturated heterocycles. The lowest BCUT2D eigenvalue weighted by atomic mass is 10.1. The number of amides is 2. The molecule has 0 N–H and O–H groups in total. The van der Waals surface area contributed by atoms with Crippen LogP contribution >= 0.6 is 11.6 Å². The normalized spacial score (nSPS) is 18.4. The fraction of sp³-hybridized carbons (Fsp3) is 0.462. The average Bonchev–Trinajstić information content (AvgIpc) is 3.58. The van der Waals surface area contributed by atoms with Crippen molar-refractivity contribution in [2.45, 2.75) is 58.2 Å². The minimum Gasteiger partial charge on any atom is -0.444 e. The predicted octanol–water partition coefficient (Wildman–Crippen LogP) is 4.64. The fourth-order valence-corrected chi connectivity index (χ4v) is 4.90. The van der Waals surface area contributed by atoms with Crippen LogP contribution in [0.3, 0.4) is 0 Å². The first-order valence-corrected chi connectivity index (χ1v) is 12.6. The summed E-state index contributed by atoms with van der Waals surface area (Å²) >= 11 is 6.29. The van der Waals surface area contributed by atoms with Crippen LogP contribution < -0.4 is 9.80 Å². The van der Waals surface area contributed by atoms with Crippen molar-refractivity contribution in [3.63, 3.8) is 0 Å². The Balaban J connectivity index is 1.56. The van der Waals surface area contributed by atoms with E-state index in [0.717, 1.165) is 41.8 Å². The summed E-state index contributed by atoms with van der Waals surface area (Å²) in [5, 5.41) is 1.43. The zero-order chi connectivity index (χ0) is 25.6. The van der Waals surface area contributed by atoms with E-state index in [0.29, 0.717) is 30.3 Å². The van der Waals surface area contributed by atoms with Gasteiger partial charge in [-0.05, 0) is 58.7 Å². The molecule has 1 atom stereocenters. The van der Waals surface area contributed by atoms with Crippen LogP contribution in [0.1, 0.15) is 40.5 Å². The molecule has 9 nitrogen and oxygen atoms in total. The highest BCUT2D eigenvalue weighted by Crippen LogP contribution is 2.41. The molecule has 3 aromatic rings. The average molecular weight is 511 g/mol. The highest BCUT2D eigenvalue weighted by molar-refractivity contribution is 6.30. The number of nitrogens with zero attached hydrogens (tertiary/aromatic N) is 6. The Bertz CT molecular complexity index is 1300. The van der Waals surface area contributed by atoms with Crippen molar-refractivity contribution in [1.29, 1.82) is 0 Å². The number of hydrogen-bond donors (Lipinski definition) is 0. The van der Waals surface area contributed by atoms with Gasteiger partial charge < -0.3 is 19.4 Å². The van der Waals surface area contributed by atoms with Crippen LogP contribution in [0.5, 0.6) is 0 Å². The molecule has 2 aromatic heterocycles. The molecule has 1 aliphatic heterocycles. The van der Waals surface area contributed by atoms with Crippen LogP contribution in [-0.4, -0.2) is 69.3 Å². The zero-order valence-electron chi connectivity index (χ0n) is 21.0. The largest absolute Gasteiger partial charge is 0.444 e. The molecule has 1 aromatic carbocycles. The third-order valence-corrected chi connectivity index (χ3v) is 6.75. The van der Waals surface area contributed by atoms with E-state index in [1.54, 1.807) is 16.1 Å². The fourth-order valence-electron chi connectivity index (χ4n) is 4.72. The van der Waals surface area contributed by atoms with Gasteiger partial charge in [0.25, 0.3) is 0 Å². The number of anilines is 2. The molecule has 3 heterocycles. The lowest BCUT2D eigenvalue weighted by Gasteiger charge is -2.41. The maximum Gasteiger partial charge on any atom is 0.410 e. The van der Waals surface area contributed by atoms with Crippen molar-refractivity contribution in [1.82, 2.24) is 19.4 Å². The Hall–Kier alpha value is -3.33. The monoisotopic (exact) mass is 510 g/mol. The summed E-state index contributed by atoms with van der Waals surface area (Å²) < 4.78 is 7.54.